The van der Waals surface area contributed by atoms with Crippen LogP contribution in [-0.4, -0.2) is 46.9 Å². The number of nitrogens with zero attached hydrogens (tertiary/aromatic N) is 1. The molecule has 2 atom stereocenters. The Morgan fingerprint density at radius 2 is 2.12 bits per heavy atom. The largest absolute Gasteiger partial charge is 0.460 e. The molecule has 1 heterocycles. The molecule has 0 aromatic heterocycles. The van der Waals surface area contributed by atoms with Crippen LogP contribution in [-0.2, 0) is 4.74 Å². The number of fused-ring (bicyclic) bond motifs is 1. The highest BCUT2D eigenvalue weighted by Crippen LogP contribution is 2.64. The molecule has 6 heteroatoms. The number of amides is 1. The summed E-state index contributed by atoms with van der Waals surface area (Å²) in [6.45, 7) is 6.51. The summed E-state index contributed by atoms with van der Waals surface area (Å²) in [5, 5.41) is 18.3. The lowest BCUT2D eigenvalue weighted by Crippen LogP contribution is -2.45. The molecule has 96 valence electrons. The highest BCUT2D eigenvalue weighted by Gasteiger charge is 2.64. The normalized spacial score (nSPS) is 31.8. The van der Waals surface area contributed by atoms with Gasteiger partial charge >= 0.3 is 13.2 Å². The van der Waals surface area contributed by atoms with Gasteiger partial charge in [0.1, 0.15) is 5.60 Å². The summed E-state index contributed by atoms with van der Waals surface area (Å²) < 4.78 is 5.29. The number of hydrogen-bond donors (Lipinski definition) is 2. The first kappa shape index (κ1) is 12.7. The van der Waals surface area contributed by atoms with Crippen molar-refractivity contribution in [1.29, 1.82) is 0 Å². The number of carbonyl (C=O) groups is 1. The van der Waals surface area contributed by atoms with Crippen molar-refractivity contribution in [3.8, 4) is 0 Å². The van der Waals surface area contributed by atoms with Crippen LogP contribution in [0.2, 0.25) is 5.31 Å². The van der Waals surface area contributed by atoms with Gasteiger partial charge in [-0.2, -0.15) is 0 Å². The van der Waals surface area contributed by atoms with E-state index < -0.39 is 18.0 Å². The quantitative estimate of drug-likeness (QED) is 0.668. The molecule has 0 aromatic rings. The van der Waals surface area contributed by atoms with Gasteiger partial charge in [0.05, 0.1) is 0 Å². The van der Waals surface area contributed by atoms with E-state index in [4.69, 9.17) is 4.74 Å². The topological polar surface area (TPSA) is 70.0 Å². The predicted molar refractivity (Wildman–Crippen MR) is 63.4 cm³/mol. The Morgan fingerprint density at radius 3 is 2.65 bits per heavy atom. The molecule has 2 aliphatic rings. The molecule has 1 aliphatic carbocycles. The van der Waals surface area contributed by atoms with Crippen LogP contribution < -0.4 is 0 Å². The smallest absolute Gasteiger partial charge is 0.444 e. The van der Waals surface area contributed by atoms with E-state index >= 15 is 0 Å². The number of hydrogen-bond acceptors (Lipinski definition) is 4. The first-order chi connectivity index (χ1) is 7.74. The average Bonchev–Trinajstić information content (AvgIpc) is 2.88. The lowest BCUT2D eigenvalue weighted by atomic mass is 9.65. The van der Waals surface area contributed by atoms with Gasteiger partial charge < -0.3 is 19.7 Å². The molecule has 1 aliphatic heterocycles. The highest BCUT2D eigenvalue weighted by atomic mass is 16.6. The second-order valence-corrected chi connectivity index (χ2v) is 6.20. The second-order valence-electron chi connectivity index (χ2n) is 6.20. The number of rotatable bonds is 1. The van der Waals surface area contributed by atoms with Gasteiger partial charge in [0.2, 0.25) is 0 Å². The summed E-state index contributed by atoms with van der Waals surface area (Å²) in [5.74, 6) is 0.348. The van der Waals surface area contributed by atoms with Crippen LogP contribution >= 0.6 is 0 Å². The van der Waals surface area contributed by atoms with Crippen molar-refractivity contribution >= 4 is 13.2 Å². The molecule has 2 rings (SSSR count). The number of likely N-dealkylation sites (tertiary alicyclic amines) is 1. The zero-order valence-corrected chi connectivity index (χ0v) is 10.6. The monoisotopic (exact) mass is 241 g/mol. The first-order valence-electron chi connectivity index (χ1n) is 6.09. The number of piperidine rings is 1. The van der Waals surface area contributed by atoms with Crippen LogP contribution in [0.3, 0.4) is 0 Å². The van der Waals surface area contributed by atoms with Crippen molar-refractivity contribution < 1.29 is 19.6 Å². The average molecular weight is 241 g/mol. The summed E-state index contributed by atoms with van der Waals surface area (Å²) in [4.78, 5) is 13.5. The maximum absolute atomic E-state index is 11.9. The molecule has 0 spiro atoms. The van der Waals surface area contributed by atoms with Crippen molar-refractivity contribution in [3.63, 3.8) is 0 Å². The van der Waals surface area contributed by atoms with E-state index in [1.165, 1.54) is 0 Å². The van der Waals surface area contributed by atoms with Crippen molar-refractivity contribution in [2.75, 3.05) is 13.1 Å². The third-order valence-corrected chi connectivity index (χ3v) is 3.68. The van der Waals surface area contributed by atoms with Crippen LogP contribution in [0, 0.1) is 5.92 Å². The Morgan fingerprint density at radius 1 is 1.47 bits per heavy atom. The third-order valence-electron chi connectivity index (χ3n) is 3.68. The molecule has 0 aromatic carbocycles. The van der Waals surface area contributed by atoms with Crippen molar-refractivity contribution in [1.82, 2.24) is 4.90 Å². The molecular formula is C11H20BNO4. The second kappa shape index (κ2) is 3.88. The Bertz CT molecular complexity index is 328. The molecule has 1 saturated heterocycles. The fraction of sp³-hybridized carbons (Fsp3) is 0.909. The summed E-state index contributed by atoms with van der Waals surface area (Å²) >= 11 is 0. The zero-order chi connectivity index (χ0) is 12.8. The van der Waals surface area contributed by atoms with Gasteiger partial charge in [0.25, 0.3) is 0 Å². The lowest BCUT2D eigenvalue weighted by molar-refractivity contribution is 0.0204. The third kappa shape index (κ3) is 2.42. The van der Waals surface area contributed by atoms with Gasteiger partial charge in [-0.1, -0.05) is 0 Å². The molecule has 17 heavy (non-hydrogen) atoms. The summed E-state index contributed by atoms with van der Waals surface area (Å²) in [6.07, 6.45) is 1.27. The first-order valence-corrected chi connectivity index (χ1v) is 6.09. The van der Waals surface area contributed by atoms with Crippen LogP contribution in [0.15, 0.2) is 0 Å². The zero-order valence-electron chi connectivity index (χ0n) is 10.6. The van der Waals surface area contributed by atoms with Gasteiger partial charge in [-0.25, -0.2) is 4.79 Å². The standard InChI is InChI=1S/C11H20BNO4/c1-10(2,3)17-9(14)13-5-4-8-6-11(8,7-13)12(15)16/h8,15-16H,4-7H2,1-3H3/t8-,11+/m1/s1. The molecule has 1 saturated carbocycles. The number of ether oxygens (including phenoxy) is 1. The van der Waals surface area contributed by atoms with Crippen LogP contribution in [0.25, 0.3) is 0 Å². The molecule has 0 radical (unpaired) electrons. The lowest BCUT2D eigenvalue weighted by Gasteiger charge is -2.33. The van der Waals surface area contributed by atoms with Crippen molar-refractivity contribution in [3.05, 3.63) is 0 Å². The molecular weight excluding hydrogens is 221 g/mol. The maximum Gasteiger partial charge on any atom is 0.460 e. The van der Waals surface area contributed by atoms with E-state index in [1.807, 2.05) is 20.8 Å². The molecule has 2 N–H and O–H groups in total. The van der Waals surface area contributed by atoms with Gasteiger partial charge in [0, 0.05) is 18.4 Å². The van der Waals surface area contributed by atoms with Gasteiger partial charge in [-0.3, -0.25) is 0 Å². The van der Waals surface area contributed by atoms with Crippen LogP contribution in [0.1, 0.15) is 33.6 Å². The highest BCUT2D eigenvalue weighted by molar-refractivity contribution is 6.47. The fourth-order valence-corrected chi connectivity index (χ4v) is 2.61. The fourth-order valence-electron chi connectivity index (χ4n) is 2.61. The number of carbonyl (C=O) groups excluding carboxylic acids is 1. The van der Waals surface area contributed by atoms with Gasteiger partial charge in [-0.15, -0.1) is 0 Å². The van der Waals surface area contributed by atoms with Crippen LogP contribution in [0.4, 0.5) is 4.79 Å². The van der Waals surface area contributed by atoms with E-state index in [0.717, 1.165) is 12.8 Å². The van der Waals surface area contributed by atoms with Crippen molar-refractivity contribution in [2.45, 2.75) is 44.5 Å². The van der Waals surface area contributed by atoms with Gasteiger partial charge in [0.15, 0.2) is 0 Å². The Labute approximate surface area is 102 Å². The summed E-state index contributed by atoms with van der Waals surface area (Å²) in [6, 6.07) is 0. The Balaban J connectivity index is 1.97. The minimum Gasteiger partial charge on any atom is -0.444 e. The molecule has 2 fully saturated rings. The summed E-state index contributed by atoms with van der Waals surface area (Å²) in [7, 11) is -1.34. The van der Waals surface area contributed by atoms with Gasteiger partial charge in [-0.05, 0) is 39.5 Å². The minimum atomic E-state index is -1.34. The Kier molecular flexibility index (Phi) is 2.90. The van der Waals surface area contributed by atoms with Crippen molar-refractivity contribution in [2.24, 2.45) is 5.92 Å². The molecule has 0 unspecified atom stereocenters. The molecule has 0 bridgehead atoms. The Hall–Kier alpha value is -0.745. The maximum atomic E-state index is 11.9. The van der Waals surface area contributed by atoms with E-state index in [0.29, 0.717) is 19.0 Å². The minimum absolute atomic E-state index is 0.348. The molecule has 5 nitrogen and oxygen atoms in total. The van der Waals surface area contributed by atoms with E-state index in [1.54, 1.807) is 4.90 Å². The van der Waals surface area contributed by atoms with E-state index in [2.05, 4.69) is 0 Å². The van der Waals surface area contributed by atoms with E-state index in [9.17, 15) is 14.8 Å². The van der Waals surface area contributed by atoms with E-state index in [-0.39, 0.29) is 6.09 Å². The SMILES string of the molecule is CC(C)(C)OC(=O)N1CC[C@@H]2C[C@]2(B(O)O)C1. The van der Waals surface area contributed by atoms with Crippen LogP contribution in [0.5, 0.6) is 0 Å². The molecule has 1 amide bonds. The summed E-state index contributed by atoms with van der Waals surface area (Å²) in [5.41, 5.74) is -0.511. The predicted octanol–water partition coefficient (Wildman–Crippen LogP) is 0.860.